The van der Waals surface area contributed by atoms with Crippen LogP contribution in [0.1, 0.15) is 31.4 Å². The molecular formula is C19H22BrN3O2. The maximum absolute atomic E-state index is 11.8. The number of hydrogen-bond acceptors (Lipinski definition) is 3. The number of anilines is 1. The van der Waals surface area contributed by atoms with Gasteiger partial charge in [0.25, 0.3) is 0 Å². The number of aryl methyl sites for hydroxylation is 1. The first-order chi connectivity index (χ1) is 12.0. The molecule has 1 atom stereocenters. The van der Waals surface area contributed by atoms with E-state index in [2.05, 4.69) is 38.7 Å². The number of urea groups is 1. The van der Waals surface area contributed by atoms with Gasteiger partial charge in [-0.1, -0.05) is 22.9 Å². The molecule has 0 saturated carbocycles. The maximum Gasteiger partial charge on any atom is 0.339 e. The first-order valence-electron chi connectivity index (χ1n) is 8.11. The highest BCUT2D eigenvalue weighted by molar-refractivity contribution is 9.10. The molecule has 0 unspecified atom stereocenters. The fraction of sp³-hybridized carbons (Fsp3) is 0.263. The maximum atomic E-state index is 11.8. The predicted octanol–water partition coefficient (Wildman–Crippen LogP) is 5.09. The topological polar surface area (TPSA) is 62.7 Å². The second-order valence-corrected chi connectivity index (χ2v) is 6.55. The summed E-state index contributed by atoms with van der Waals surface area (Å²) in [5.74, 6) is 0.822. The van der Waals surface area contributed by atoms with E-state index in [4.69, 9.17) is 4.74 Å². The third-order valence-corrected chi connectivity index (χ3v) is 4.48. The van der Waals surface area contributed by atoms with Crippen molar-refractivity contribution < 1.29 is 9.53 Å². The Bertz CT molecular complexity index is 745. The molecule has 0 saturated heterocycles. The highest BCUT2D eigenvalue weighted by Crippen LogP contribution is 2.19. The van der Waals surface area contributed by atoms with Gasteiger partial charge >= 0.3 is 6.03 Å². The van der Waals surface area contributed by atoms with Gasteiger partial charge in [-0.15, -0.1) is 0 Å². The van der Waals surface area contributed by atoms with Gasteiger partial charge in [-0.2, -0.15) is 5.10 Å². The molecule has 2 amide bonds. The summed E-state index contributed by atoms with van der Waals surface area (Å²) >= 11 is 3.42. The summed E-state index contributed by atoms with van der Waals surface area (Å²) in [5, 5.41) is 6.68. The molecule has 0 bridgehead atoms. The van der Waals surface area contributed by atoms with Crippen molar-refractivity contribution in [2.75, 3.05) is 5.32 Å². The number of nitrogens with one attached hydrogen (secondary N) is 2. The van der Waals surface area contributed by atoms with Crippen molar-refractivity contribution in [3.63, 3.8) is 0 Å². The lowest BCUT2D eigenvalue weighted by molar-refractivity contribution is 0.217. The zero-order valence-corrected chi connectivity index (χ0v) is 16.1. The second kappa shape index (κ2) is 9.22. The van der Waals surface area contributed by atoms with Crippen molar-refractivity contribution in [3.05, 3.63) is 58.1 Å². The van der Waals surface area contributed by atoms with E-state index < -0.39 is 6.03 Å². The fourth-order valence-corrected chi connectivity index (χ4v) is 2.24. The molecule has 0 heterocycles. The van der Waals surface area contributed by atoms with E-state index in [0.29, 0.717) is 5.69 Å². The van der Waals surface area contributed by atoms with Crippen LogP contribution in [0.5, 0.6) is 5.75 Å². The quantitative estimate of drug-likeness (QED) is 0.520. The van der Waals surface area contributed by atoms with E-state index in [9.17, 15) is 4.79 Å². The van der Waals surface area contributed by atoms with Gasteiger partial charge < -0.3 is 10.1 Å². The van der Waals surface area contributed by atoms with E-state index in [0.717, 1.165) is 27.8 Å². The van der Waals surface area contributed by atoms with Gasteiger partial charge in [0, 0.05) is 10.2 Å². The summed E-state index contributed by atoms with van der Waals surface area (Å²) in [6.45, 7) is 6.07. The third-order valence-electron chi connectivity index (χ3n) is 3.59. The molecule has 2 N–H and O–H groups in total. The molecule has 5 nitrogen and oxygen atoms in total. The van der Waals surface area contributed by atoms with Crippen molar-refractivity contribution in [2.45, 2.75) is 33.3 Å². The van der Waals surface area contributed by atoms with Crippen LogP contribution in [-0.2, 0) is 0 Å². The molecule has 0 aromatic heterocycles. The van der Waals surface area contributed by atoms with Gasteiger partial charge in [-0.25, -0.2) is 10.2 Å². The number of halogens is 1. The van der Waals surface area contributed by atoms with Crippen molar-refractivity contribution in [1.29, 1.82) is 0 Å². The average molecular weight is 404 g/mol. The lowest BCUT2D eigenvalue weighted by Gasteiger charge is -2.12. The summed E-state index contributed by atoms with van der Waals surface area (Å²) in [7, 11) is 0. The van der Waals surface area contributed by atoms with Crippen molar-refractivity contribution in [3.8, 4) is 5.75 Å². The number of benzene rings is 2. The lowest BCUT2D eigenvalue weighted by atomic mass is 10.2. The minimum absolute atomic E-state index is 0.187. The summed E-state index contributed by atoms with van der Waals surface area (Å²) in [6.07, 6.45) is 2.73. The number of ether oxygens (including phenoxy) is 1. The van der Waals surface area contributed by atoms with E-state index >= 15 is 0 Å². The summed E-state index contributed by atoms with van der Waals surface area (Å²) in [4.78, 5) is 11.8. The first kappa shape index (κ1) is 19.0. The molecule has 132 valence electrons. The Morgan fingerprint density at radius 2 is 2.00 bits per heavy atom. The lowest BCUT2D eigenvalue weighted by Crippen LogP contribution is -2.24. The van der Waals surface area contributed by atoms with E-state index in [1.54, 1.807) is 6.21 Å². The Hall–Kier alpha value is -2.34. The monoisotopic (exact) mass is 403 g/mol. The van der Waals surface area contributed by atoms with Crippen LogP contribution in [0.3, 0.4) is 0 Å². The normalized spacial score (nSPS) is 12.0. The number of nitrogens with zero attached hydrogens (tertiary/aromatic N) is 1. The number of carbonyl (C=O) groups is 1. The highest BCUT2D eigenvalue weighted by atomic mass is 79.9. The van der Waals surface area contributed by atoms with Gasteiger partial charge in [-0.05, 0) is 73.9 Å². The second-order valence-electron chi connectivity index (χ2n) is 5.69. The molecule has 0 spiro atoms. The van der Waals surface area contributed by atoms with Gasteiger partial charge in [0.15, 0.2) is 0 Å². The number of rotatable bonds is 6. The Balaban J connectivity index is 1.85. The van der Waals surface area contributed by atoms with Gasteiger partial charge in [0.2, 0.25) is 0 Å². The van der Waals surface area contributed by atoms with Crippen LogP contribution in [-0.4, -0.2) is 18.3 Å². The van der Waals surface area contributed by atoms with Crippen molar-refractivity contribution >= 4 is 33.9 Å². The molecule has 0 aliphatic rings. The number of hydrogen-bond donors (Lipinski definition) is 2. The minimum atomic E-state index is -0.394. The van der Waals surface area contributed by atoms with Gasteiger partial charge in [0.1, 0.15) is 5.75 Å². The predicted molar refractivity (Wildman–Crippen MR) is 105 cm³/mol. The Labute approximate surface area is 156 Å². The standard InChI is InChI=1S/C19H22BrN3O2/c1-4-14(3)25-17-8-5-15(6-9-17)12-21-23-19(24)22-16-7-10-18(20)13(2)11-16/h5-12,14H,4H2,1-3H3,(H2,22,23,24)/b21-12+/t14-/m1/s1. The van der Waals surface area contributed by atoms with E-state index in [1.165, 1.54) is 0 Å². The zero-order chi connectivity index (χ0) is 18.2. The average Bonchev–Trinajstić information content (AvgIpc) is 2.59. The summed E-state index contributed by atoms with van der Waals surface area (Å²) < 4.78 is 6.72. The molecule has 0 aliphatic heterocycles. The largest absolute Gasteiger partial charge is 0.491 e. The number of carbonyl (C=O) groups excluding carboxylic acids is 1. The molecule has 2 aromatic rings. The molecule has 0 aliphatic carbocycles. The SMILES string of the molecule is CC[C@@H](C)Oc1ccc(/C=N/NC(=O)Nc2ccc(Br)c(C)c2)cc1. The third kappa shape index (κ3) is 6.23. The molecule has 0 fully saturated rings. The van der Waals surface area contributed by atoms with Crippen LogP contribution < -0.4 is 15.5 Å². The van der Waals surface area contributed by atoms with E-state index in [1.807, 2.05) is 56.3 Å². The summed E-state index contributed by atoms with van der Waals surface area (Å²) in [5.41, 5.74) is 5.07. The van der Waals surface area contributed by atoms with Crippen LogP contribution in [0.25, 0.3) is 0 Å². The molecule has 2 rings (SSSR count). The Morgan fingerprint density at radius 3 is 2.64 bits per heavy atom. The molecule has 0 radical (unpaired) electrons. The van der Waals surface area contributed by atoms with Gasteiger partial charge in [-0.3, -0.25) is 0 Å². The van der Waals surface area contributed by atoms with Crippen LogP contribution in [0, 0.1) is 6.92 Å². The number of amides is 2. The van der Waals surface area contributed by atoms with E-state index in [-0.39, 0.29) is 6.10 Å². The minimum Gasteiger partial charge on any atom is -0.491 e. The molecule has 25 heavy (non-hydrogen) atoms. The first-order valence-corrected chi connectivity index (χ1v) is 8.90. The molecule has 6 heteroatoms. The highest BCUT2D eigenvalue weighted by Gasteiger charge is 2.02. The fourth-order valence-electron chi connectivity index (χ4n) is 2.00. The molecule has 2 aromatic carbocycles. The summed E-state index contributed by atoms with van der Waals surface area (Å²) in [6, 6.07) is 12.7. The van der Waals surface area contributed by atoms with Crippen LogP contribution in [0.2, 0.25) is 0 Å². The van der Waals surface area contributed by atoms with Crippen LogP contribution in [0.4, 0.5) is 10.5 Å². The van der Waals surface area contributed by atoms with Crippen LogP contribution >= 0.6 is 15.9 Å². The number of hydrazone groups is 1. The van der Waals surface area contributed by atoms with Crippen molar-refractivity contribution in [1.82, 2.24) is 5.43 Å². The van der Waals surface area contributed by atoms with Gasteiger partial charge in [0.05, 0.1) is 12.3 Å². The molecular weight excluding hydrogens is 382 g/mol. The Kier molecular flexibility index (Phi) is 7.01. The van der Waals surface area contributed by atoms with Crippen LogP contribution in [0.15, 0.2) is 52.0 Å². The smallest absolute Gasteiger partial charge is 0.339 e. The Morgan fingerprint density at radius 1 is 1.28 bits per heavy atom. The zero-order valence-electron chi connectivity index (χ0n) is 14.5. The van der Waals surface area contributed by atoms with Crippen molar-refractivity contribution in [2.24, 2.45) is 5.10 Å².